The second kappa shape index (κ2) is 6.41. The van der Waals surface area contributed by atoms with Crippen LogP contribution in [0.5, 0.6) is 0 Å². The van der Waals surface area contributed by atoms with E-state index in [2.05, 4.69) is 22.3 Å². The summed E-state index contributed by atoms with van der Waals surface area (Å²) in [5.74, 6) is 2.45. The fraction of sp³-hybridized carbons (Fsp3) is 0.467. The summed E-state index contributed by atoms with van der Waals surface area (Å²) < 4.78 is 5.41. The van der Waals surface area contributed by atoms with Gasteiger partial charge in [-0.25, -0.2) is 0 Å². The van der Waals surface area contributed by atoms with Crippen molar-refractivity contribution in [2.24, 2.45) is 5.73 Å². The Balaban J connectivity index is 1.62. The molecule has 0 bridgehead atoms. The average Bonchev–Trinajstić information content (AvgIpc) is 2.95. The van der Waals surface area contributed by atoms with Crippen LogP contribution >= 0.6 is 11.8 Å². The standard InChI is InChI=1S/C15H19N3OS/c16-13-9-5-4-8-12(13)15-17-14(18-19-15)10-20-11-6-2-1-3-7-11/h1-3,6-7,12-13H,4-5,8-10,16H2. The zero-order valence-corrected chi connectivity index (χ0v) is 12.2. The van der Waals surface area contributed by atoms with E-state index in [1.54, 1.807) is 11.8 Å². The van der Waals surface area contributed by atoms with Crippen LogP contribution in [0.2, 0.25) is 0 Å². The van der Waals surface area contributed by atoms with Gasteiger partial charge < -0.3 is 10.3 Å². The number of rotatable bonds is 4. The van der Waals surface area contributed by atoms with Crippen molar-refractivity contribution >= 4 is 11.8 Å². The molecule has 2 atom stereocenters. The van der Waals surface area contributed by atoms with Gasteiger partial charge in [0.25, 0.3) is 0 Å². The lowest BCUT2D eigenvalue weighted by molar-refractivity contribution is 0.289. The van der Waals surface area contributed by atoms with Gasteiger partial charge in [0, 0.05) is 10.9 Å². The molecule has 3 rings (SSSR count). The summed E-state index contributed by atoms with van der Waals surface area (Å²) in [5.41, 5.74) is 6.15. The van der Waals surface area contributed by atoms with Gasteiger partial charge in [0.1, 0.15) is 0 Å². The third-order valence-electron chi connectivity index (χ3n) is 3.73. The Morgan fingerprint density at radius 3 is 2.80 bits per heavy atom. The maximum absolute atomic E-state index is 6.15. The molecule has 1 saturated carbocycles. The number of benzene rings is 1. The summed E-state index contributed by atoms with van der Waals surface area (Å²) >= 11 is 1.72. The van der Waals surface area contributed by atoms with Crippen molar-refractivity contribution in [3.8, 4) is 0 Å². The van der Waals surface area contributed by atoms with Crippen molar-refractivity contribution < 1.29 is 4.52 Å². The molecule has 2 unspecified atom stereocenters. The molecule has 0 saturated heterocycles. The van der Waals surface area contributed by atoms with E-state index in [0.29, 0.717) is 0 Å². The molecule has 20 heavy (non-hydrogen) atoms. The molecule has 2 aromatic rings. The first kappa shape index (κ1) is 13.6. The van der Waals surface area contributed by atoms with Crippen molar-refractivity contribution in [3.05, 3.63) is 42.0 Å². The van der Waals surface area contributed by atoms with Gasteiger partial charge in [-0.1, -0.05) is 36.2 Å². The lowest BCUT2D eigenvalue weighted by Crippen LogP contribution is -2.31. The van der Waals surface area contributed by atoms with Gasteiger partial charge >= 0.3 is 0 Å². The number of nitrogens with zero attached hydrogens (tertiary/aromatic N) is 2. The van der Waals surface area contributed by atoms with E-state index < -0.39 is 0 Å². The average molecular weight is 289 g/mol. The third kappa shape index (κ3) is 3.22. The highest BCUT2D eigenvalue weighted by atomic mass is 32.2. The quantitative estimate of drug-likeness (QED) is 0.874. The molecule has 4 nitrogen and oxygen atoms in total. The van der Waals surface area contributed by atoms with Crippen LogP contribution in [0.1, 0.15) is 43.3 Å². The molecule has 1 fully saturated rings. The molecule has 0 radical (unpaired) electrons. The van der Waals surface area contributed by atoms with Crippen LogP contribution in [0.4, 0.5) is 0 Å². The van der Waals surface area contributed by atoms with E-state index in [0.717, 1.165) is 30.3 Å². The molecule has 1 aliphatic rings. The van der Waals surface area contributed by atoms with E-state index in [1.807, 2.05) is 18.2 Å². The molecule has 1 aliphatic carbocycles. The van der Waals surface area contributed by atoms with Crippen LogP contribution in [0.25, 0.3) is 0 Å². The van der Waals surface area contributed by atoms with Gasteiger partial charge in [-0.05, 0) is 25.0 Å². The predicted molar refractivity (Wildman–Crippen MR) is 79.5 cm³/mol. The normalized spacial score (nSPS) is 22.9. The van der Waals surface area contributed by atoms with Crippen LogP contribution in [0.15, 0.2) is 39.8 Å². The maximum Gasteiger partial charge on any atom is 0.231 e. The Kier molecular flexibility index (Phi) is 4.38. The summed E-state index contributed by atoms with van der Waals surface area (Å²) in [6.45, 7) is 0. The number of aromatic nitrogens is 2. The molecule has 1 aromatic carbocycles. The van der Waals surface area contributed by atoms with Crippen LogP contribution in [0, 0.1) is 0 Å². The summed E-state index contributed by atoms with van der Waals surface area (Å²) in [6.07, 6.45) is 4.53. The monoisotopic (exact) mass is 289 g/mol. The Morgan fingerprint density at radius 1 is 1.20 bits per heavy atom. The van der Waals surface area contributed by atoms with E-state index in [1.165, 1.54) is 17.7 Å². The summed E-state index contributed by atoms with van der Waals surface area (Å²) in [6, 6.07) is 10.4. The van der Waals surface area contributed by atoms with E-state index in [-0.39, 0.29) is 12.0 Å². The predicted octanol–water partition coefficient (Wildman–Crippen LogP) is 3.35. The fourth-order valence-electron chi connectivity index (χ4n) is 2.61. The SMILES string of the molecule is NC1CCCCC1c1nc(CSc2ccccc2)no1. The third-order valence-corrected chi connectivity index (χ3v) is 4.74. The first-order chi connectivity index (χ1) is 9.83. The lowest BCUT2D eigenvalue weighted by Gasteiger charge is -2.25. The number of nitrogens with two attached hydrogens (primary N) is 1. The fourth-order valence-corrected chi connectivity index (χ4v) is 3.37. The van der Waals surface area contributed by atoms with Crippen LogP contribution in [0.3, 0.4) is 0 Å². The van der Waals surface area contributed by atoms with Gasteiger partial charge in [0.2, 0.25) is 5.89 Å². The molecule has 0 amide bonds. The van der Waals surface area contributed by atoms with Gasteiger partial charge in [-0.3, -0.25) is 0 Å². The summed E-state index contributed by atoms with van der Waals surface area (Å²) in [5, 5.41) is 4.08. The zero-order chi connectivity index (χ0) is 13.8. The second-order valence-corrected chi connectivity index (χ2v) is 6.25. The molecule has 0 aliphatic heterocycles. The topological polar surface area (TPSA) is 64.9 Å². The van der Waals surface area contributed by atoms with Crippen LogP contribution < -0.4 is 5.73 Å². The van der Waals surface area contributed by atoms with Gasteiger partial charge in [0.05, 0.1) is 11.7 Å². The minimum atomic E-state index is 0.166. The molecular formula is C15H19N3OS. The number of hydrogen-bond donors (Lipinski definition) is 1. The Morgan fingerprint density at radius 2 is 2.00 bits per heavy atom. The maximum atomic E-state index is 6.15. The molecule has 1 aromatic heterocycles. The van der Waals surface area contributed by atoms with E-state index >= 15 is 0 Å². The van der Waals surface area contributed by atoms with Gasteiger partial charge in [-0.2, -0.15) is 4.98 Å². The minimum absolute atomic E-state index is 0.166. The Labute approximate surface area is 123 Å². The zero-order valence-electron chi connectivity index (χ0n) is 11.4. The van der Waals surface area contributed by atoms with Crippen molar-refractivity contribution in [3.63, 3.8) is 0 Å². The summed E-state index contributed by atoms with van der Waals surface area (Å²) in [4.78, 5) is 5.74. The lowest BCUT2D eigenvalue weighted by atomic mass is 9.85. The highest BCUT2D eigenvalue weighted by molar-refractivity contribution is 7.98. The smallest absolute Gasteiger partial charge is 0.231 e. The number of hydrogen-bond acceptors (Lipinski definition) is 5. The van der Waals surface area contributed by atoms with Crippen molar-refractivity contribution in [2.45, 2.75) is 48.3 Å². The van der Waals surface area contributed by atoms with Crippen molar-refractivity contribution in [1.29, 1.82) is 0 Å². The van der Waals surface area contributed by atoms with Gasteiger partial charge in [-0.15, -0.1) is 11.8 Å². The minimum Gasteiger partial charge on any atom is -0.339 e. The highest BCUT2D eigenvalue weighted by Crippen LogP contribution is 2.31. The number of thioether (sulfide) groups is 1. The molecule has 0 spiro atoms. The van der Waals surface area contributed by atoms with E-state index in [9.17, 15) is 0 Å². The molecule has 5 heteroatoms. The van der Waals surface area contributed by atoms with Crippen LogP contribution in [-0.2, 0) is 5.75 Å². The summed E-state index contributed by atoms with van der Waals surface area (Å²) in [7, 11) is 0. The van der Waals surface area contributed by atoms with Crippen LogP contribution in [-0.4, -0.2) is 16.2 Å². The largest absolute Gasteiger partial charge is 0.339 e. The second-order valence-electron chi connectivity index (χ2n) is 5.21. The Hall–Kier alpha value is -1.33. The molecule has 106 valence electrons. The highest BCUT2D eigenvalue weighted by Gasteiger charge is 2.28. The molecule has 1 heterocycles. The van der Waals surface area contributed by atoms with E-state index in [4.69, 9.17) is 10.3 Å². The first-order valence-electron chi connectivity index (χ1n) is 7.09. The molecule has 2 N–H and O–H groups in total. The van der Waals surface area contributed by atoms with Crippen molar-refractivity contribution in [2.75, 3.05) is 0 Å². The first-order valence-corrected chi connectivity index (χ1v) is 8.07. The van der Waals surface area contributed by atoms with Crippen molar-refractivity contribution in [1.82, 2.24) is 10.1 Å². The molecular weight excluding hydrogens is 270 g/mol. The van der Waals surface area contributed by atoms with Gasteiger partial charge in [0.15, 0.2) is 5.82 Å². The Bertz CT molecular complexity index is 543.